The van der Waals surface area contributed by atoms with Gasteiger partial charge in [0.2, 0.25) is 0 Å². The second kappa shape index (κ2) is 4.81. The average molecular weight is 305 g/mol. The van der Waals surface area contributed by atoms with Gasteiger partial charge in [0.15, 0.2) is 0 Å². The van der Waals surface area contributed by atoms with Gasteiger partial charge in [-0.15, -0.1) is 0 Å². The predicted octanol–water partition coefficient (Wildman–Crippen LogP) is 3.54. The maximum atomic E-state index is 11.4. The molecule has 0 N–H and O–H groups in total. The zero-order valence-electron chi connectivity index (χ0n) is 9.93. The molecule has 4 nitrogen and oxygen atoms in total. The summed E-state index contributed by atoms with van der Waals surface area (Å²) in [5, 5.41) is 0.0426. The van der Waals surface area contributed by atoms with Gasteiger partial charge in [-0.3, -0.25) is 19.6 Å². The molecule has 2 heterocycles. The zero-order valence-corrected chi connectivity index (χ0v) is 11.4. The number of rotatable bonds is 2. The molecule has 0 radical (unpaired) electrons. The van der Waals surface area contributed by atoms with Crippen molar-refractivity contribution in [2.75, 3.05) is 0 Å². The van der Waals surface area contributed by atoms with Crippen LogP contribution in [0.1, 0.15) is 20.7 Å². The van der Waals surface area contributed by atoms with E-state index in [1.165, 1.54) is 12.4 Å². The van der Waals surface area contributed by atoms with E-state index in [1.54, 1.807) is 24.3 Å². The Morgan fingerprint density at radius 3 is 1.50 bits per heavy atom. The van der Waals surface area contributed by atoms with Crippen LogP contribution < -0.4 is 0 Å². The first-order chi connectivity index (χ1) is 9.59. The van der Waals surface area contributed by atoms with Gasteiger partial charge in [-0.25, -0.2) is 0 Å². The molecule has 0 unspecified atom stereocenters. The normalized spacial score (nSPS) is 10.9. The second-order valence-corrected chi connectivity index (χ2v) is 4.81. The number of halogens is 2. The first-order valence-electron chi connectivity index (χ1n) is 5.65. The smallest absolute Gasteiger partial charge is 0.253 e. The van der Waals surface area contributed by atoms with Gasteiger partial charge < -0.3 is 0 Å². The van der Waals surface area contributed by atoms with E-state index in [1.807, 2.05) is 0 Å². The third-order valence-corrected chi connectivity index (χ3v) is 3.45. The Balaban J connectivity index is 2.49. The fourth-order valence-corrected chi connectivity index (χ4v) is 2.50. The lowest BCUT2D eigenvalue weighted by molar-refractivity contribution is 0.107. The summed E-state index contributed by atoms with van der Waals surface area (Å²) in [6, 6.07) is 6.46. The molecule has 0 amide bonds. The van der Waals surface area contributed by atoms with Gasteiger partial charge in [0.1, 0.15) is 0 Å². The largest absolute Gasteiger partial charge is 0.276 e. The van der Waals surface area contributed by atoms with Crippen molar-refractivity contribution in [1.29, 1.82) is 0 Å². The molecule has 0 aliphatic heterocycles. The van der Waals surface area contributed by atoms with E-state index in [-0.39, 0.29) is 0 Å². The minimum atomic E-state index is -0.568. The minimum absolute atomic E-state index is 0.350. The number of hydrogen-bond acceptors (Lipinski definition) is 4. The molecule has 0 spiro atoms. The predicted molar refractivity (Wildman–Crippen MR) is 77.4 cm³/mol. The molecular weight excluding hydrogens is 299 g/mol. The molecule has 2 aromatic heterocycles. The number of pyridine rings is 2. The fraction of sp³-hybridized carbons (Fsp3) is 0. The Kier molecular flexibility index (Phi) is 3.12. The molecule has 0 aliphatic carbocycles. The van der Waals surface area contributed by atoms with Gasteiger partial charge in [0.05, 0.1) is 11.0 Å². The van der Waals surface area contributed by atoms with Crippen molar-refractivity contribution in [3.8, 4) is 0 Å². The molecule has 1 aromatic carbocycles. The number of benzene rings is 1. The van der Waals surface area contributed by atoms with Crippen LogP contribution in [-0.4, -0.2) is 20.5 Å². The van der Waals surface area contributed by atoms with Gasteiger partial charge in [0.25, 0.3) is 10.5 Å². The minimum Gasteiger partial charge on any atom is -0.276 e. The lowest BCUT2D eigenvalue weighted by Crippen LogP contribution is -1.97. The quantitative estimate of drug-likeness (QED) is 0.536. The van der Waals surface area contributed by atoms with Crippen molar-refractivity contribution in [2.24, 2.45) is 0 Å². The van der Waals surface area contributed by atoms with E-state index in [0.717, 1.165) is 0 Å². The van der Waals surface area contributed by atoms with E-state index in [0.29, 0.717) is 32.9 Å². The lowest BCUT2D eigenvalue weighted by atomic mass is 10.0. The van der Waals surface area contributed by atoms with Gasteiger partial charge >= 0.3 is 0 Å². The van der Waals surface area contributed by atoms with Gasteiger partial charge in [-0.05, 0) is 35.3 Å². The maximum Gasteiger partial charge on any atom is 0.253 e. The summed E-state index contributed by atoms with van der Waals surface area (Å²) in [4.78, 5) is 31.3. The van der Waals surface area contributed by atoms with Gasteiger partial charge in [0, 0.05) is 34.3 Å². The van der Waals surface area contributed by atoms with Crippen molar-refractivity contribution in [1.82, 2.24) is 9.97 Å². The third kappa shape index (κ3) is 1.94. The SMILES string of the molecule is O=C(Cl)c1ccnc2c1ccc1c(C(=O)Cl)ccnc12. The Morgan fingerprint density at radius 2 is 1.15 bits per heavy atom. The highest BCUT2D eigenvalue weighted by Crippen LogP contribution is 2.27. The Hall–Kier alpha value is -2.04. The molecule has 0 fully saturated rings. The summed E-state index contributed by atoms with van der Waals surface area (Å²) in [5.74, 6) is 0. The molecule has 3 rings (SSSR count). The number of carbonyl (C=O) groups is 2. The highest BCUT2D eigenvalue weighted by Gasteiger charge is 2.14. The number of hydrogen-bond donors (Lipinski definition) is 0. The van der Waals surface area contributed by atoms with E-state index in [9.17, 15) is 9.59 Å². The van der Waals surface area contributed by atoms with Crippen LogP contribution in [0.25, 0.3) is 21.8 Å². The van der Waals surface area contributed by atoms with Crippen LogP contribution >= 0.6 is 23.2 Å². The third-order valence-electron chi connectivity index (χ3n) is 3.04. The lowest BCUT2D eigenvalue weighted by Gasteiger charge is -2.06. The molecular formula is C14H6Cl2N2O2. The molecule has 6 heteroatoms. The molecule has 0 saturated carbocycles. The van der Waals surface area contributed by atoms with Crippen LogP contribution in [0, 0.1) is 0 Å². The summed E-state index contributed by atoms with van der Waals surface area (Å²) >= 11 is 11.1. The number of aromatic nitrogens is 2. The highest BCUT2D eigenvalue weighted by molar-refractivity contribution is 6.69. The summed E-state index contributed by atoms with van der Waals surface area (Å²) < 4.78 is 0. The highest BCUT2D eigenvalue weighted by atomic mass is 35.5. The topological polar surface area (TPSA) is 59.9 Å². The van der Waals surface area contributed by atoms with Crippen molar-refractivity contribution in [3.63, 3.8) is 0 Å². The molecule has 3 aromatic rings. The first-order valence-corrected chi connectivity index (χ1v) is 6.41. The van der Waals surface area contributed by atoms with E-state index >= 15 is 0 Å². The van der Waals surface area contributed by atoms with Crippen molar-refractivity contribution in [3.05, 3.63) is 47.8 Å². The molecule has 0 saturated heterocycles. The Labute approximate surface area is 123 Å². The van der Waals surface area contributed by atoms with Crippen LogP contribution in [0.4, 0.5) is 0 Å². The standard InChI is InChI=1S/C14H6Cl2N2O2/c15-13(19)9-3-5-17-11-7(9)1-2-8-10(14(16)20)4-6-18-12(8)11/h1-6H. The van der Waals surface area contributed by atoms with Crippen LogP contribution in [0.15, 0.2) is 36.7 Å². The van der Waals surface area contributed by atoms with Crippen LogP contribution in [0.5, 0.6) is 0 Å². The van der Waals surface area contributed by atoms with E-state index in [2.05, 4.69) is 9.97 Å². The number of fused-ring (bicyclic) bond motifs is 3. The van der Waals surface area contributed by atoms with Crippen LogP contribution in [0.3, 0.4) is 0 Å². The Morgan fingerprint density at radius 1 is 0.750 bits per heavy atom. The number of nitrogens with zero attached hydrogens (tertiary/aromatic N) is 2. The van der Waals surface area contributed by atoms with Crippen molar-refractivity contribution in [2.45, 2.75) is 0 Å². The van der Waals surface area contributed by atoms with Gasteiger partial charge in [-0.2, -0.15) is 0 Å². The van der Waals surface area contributed by atoms with E-state index in [4.69, 9.17) is 23.2 Å². The van der Waals surface area contributed by atoms with Crippen LogP contribution in [0.2, 0.25) is 0 Å². The van der Waals surface area contributed by atoms with Crippen LogP contribution in [-0.2, 0) is 0 Å². The molecule has 0 bridgehead atoms. The fourth-order valence-electron chi connectivity index (χ4n) is 2.17. The van der Waals surface area contributed by atoms with Gasteiger partial charge in [-0.1, -0.05) is 12.1 Å². The summed E-state index contributed by atoms with van der Waals surface area (Å²) in [5.41, 5.74) is 1.72. The summed E-state index contributed by atoms with van der Waals surface area (Å²) in [6.07, 6.45) is 2.96. The van der Waals surface area contributed by atoms with Crippen molar-refractivity contribution < 1.29 is 9.59 Å². The average Bonchev–Trinajstić information content (AvgIpc) is 2.45. The molecule has 20 heavy (non-hydrogen) atoms. The molecule has 98 valence electrons. The Bertz CT molecular complexity index is 805. The monoisotopic (exact) mass is 304 g/mol. The molecule has 0 aliphatic rings. The first kappa shape index (κ1) is 13.0. The summed E-state index contributed by atoms with van der Waals surface area (Å²) in [7, 11) is 0. The van der Waals surface area contributed by atoms with E-state index < -0.39 is 10.5 Å². The molecule has 0 atom stereocenters. The summed E-state index contributed by atoms with van der Waals surface area (Å²) in [6.45, 7) is 0. The second-order valence-electron chi connectivity index (χ2n) is 4.12. The maximum absolute atomic E-state index is 11.4. The number of carbonyl (C=O) groups excluding carboxylic acids is 2. The van der Waals surface area contributed by atoms with Crippen molar-refractivity contribution >= 4 is 55.5 Å². The zero-order chi connectivity index (χ0) is 14.3.